The van der Waals surface area contributed by atoms with Crippen LogP contribution in [0.1, 0.15) is 5.56 Å². The standard InChI is InChI=1S/C16H19Cl2N3O4/c1-22-4-5-23-7-13-8-24-16(25-13,9-21-11-19-10-20-21)14-3-2-12(17)6-15(14)18/h2-3,6,10-11,13H,4-5,7-9H2,1H3. The molecule has 0 bridgehead atoms. The van der Waals surface area contributed by atoms with Gasteiger partial charge in [-0.2, -0.15) is 5.10 Å². The second kappa shape index (κ2) is 8.44. The first-order valence-electron chi connectivity index (χ1n) is 7.79. The van der Waals surface area contributed by atoms with Crippen molar-refractivity contribution in [3.63, 3.8) is 0 Å². The number of hydrogen-bond donors (Lipinski definition) is 0. The molecule has 0 radical (unpaired) electrons. The third-order valence-electron chi connectivity index (χ3n) is 3.77. The molecule has 136 valence electrons. The Morgan fingerprint density at radius 1 is 1.36 bits per heavy atom. The molecule has 9 heteroatoms. The molecule has 0 N–H and O–H groups in total. The van der Waals surface area contributed by atoms with Crippen LogP contribution in [0.15, 0.2) is 30.9 Å². The van der Waals surface area contributed by atoms with Crippen molar-refractivity contribution in [2.45, 2.75) is 18.4 Å². The summed E-state index contributed by atoms with van der Waals surface area (Å²) < 4.78 is 24.4. The van der Waals surface area contributed by atoms with Crippen molar-refractivity contribution in [2.75, 3.05) is 33.5 Å². The fourth-order valence-corrected chi connectivity index (χ4v) is 3.19. The molecule has 2 aromatic rings. The van der Waals surface area contributed by atoms with Gasteiger partial charge in [-0.3, -0.25) is 0 Å². The molecule has 0 amide bonds. The van der Waals surface area contributed by atoms with Gasteiger partial charge in [0.1, 0.15) is 25.3 Å². The zero-order valence-corrected chi connectivity index (χ0v) is 15.2. The van der Waals surface area contributed by atoms with Gasteiger partial charge in [-0.05, 0) is 12.1 Å². The summed E-state index contributed by atoms with van der Waals surface area (Å²) in [5.74, 6) is -1.08. The molecule has 1 aromatic carbocycles. The van der Waals surface area contributed by atoms with E-state index in [2.05, 4.69) is 10.1 Å². The second-order valence-corrected chi connectivity index (χ2v) is 6.43. The average Bonchev–Trinajstić information content (AvgIpc) is 3.22. The maximum absolute atomic E-state index is 6.40. The summed E-state index contributed by atoms with van der Waals surface area (Å²) in [5, 5.41) is 5.15. The van der Waals surface area contributed by atoms with E-state index in [-0.39, 0.29) is 6.10 Å². The molecule has 0 spiro atoms. The molecule has 2 heterocycles. The Bertz CT molecular complexity index is 686. The summed E-state index contributed by atoms with van der Waals surface area (Å²) in [7, 11) is 1.63. The van der Waals surface area contributed by atoms with Gasteiger partial charge in [-0.1, -0.05) is 29.3 Å². The molecule has 3 rings (SSSR count). The lowest BCUT2D eigenvalue weighted by atomic mass is 10.1. The minimum absolute atomic E-state index is 0.230. The predicted molar refractivity (Wildman–Crippen MR) is 91.7 cm³/mol. The van der Waals surface area contributed by atoms with Gasteiger partial charge in [-0.25, -0.2) is 9.67 Å². The molecule has 1 saturated heterocycles. The average molecular weight is 388 g/mol. The highest BCUT2D eigenvalue weighted by Gasteiger charge is 2.45. The van der Waals surface area contributed by atoms with E-state index in [0.29, 0.717) is 48.6 Å². The van der Waals surface area contributed by atoms with Crippen LogP contribution < -0.4 is 0 Å². The summed E-state index contributed by atoms with van der Waals surface area (Å²) >= 11 is 12.4. The van der Waals surface area contributed by atoms with Crippen molar-refractivity contribution < 1.29 is 18.9 Å². The van der Waals surface area contributed by atoms with Crippen LogP contribution in [0.25, 0.3) is 0 Å². The number of aromatic nitrogens is 3. The van der Waals surface area contributed by atoms with Gasteiger partial charge in [0, 0.05) is 17.7 Å². The van der Waals surface area contributed by atoms with Crippen molar-refractivity contribution in [1.82, 2.24) is 14.8 Å². The summed E-state index contributed by atoms with van der Waals surface area (Å²) in [6.07, 6.45) is 2.82. The summed E-state index contributed by atoms with van der Waals surface area (Å²) in [5.41, 5.74) is 0.688. The van der Waals surface area contributed by atoms with E-state index in [1.165, 1.54) is 6.33 Å². The number of nitrogens with zero attached hydrogens (tertiary/aromatic N) is 3. The van der Waals surface area contributed by atoms with Crippen molar-refractivity contribution in [3.05, 3.63) is 46.5 Å². The fraction of sp³-hybridized carbons (Fsp3) is 0.500. The van der Waals surface area contributed by atoms with Gasteiger partial charge in [0.15, 0.2) is 0 Å². The highest BCUT2D eigenvalue weighted by atomic mass is 35.5. The van der Waals surface area contributed by atoms with Gasteiger partial charge in [0.05, 0.1) is 31.5 Å². The number of methoxy groups -OCH3 is 1. The van der Waals surface area contributed by atoms with Crippen LogP contribution in [0.3, 0.4) is 0 Å². The van der Waals surface area contributed by atoms with Gasteiger partial charge < -0.3 is 18.9 Å². The first-order valence-corrected chi connectivity index (χ1v) is 8.55. The van der Waals surface area contributed by atoms with E-state index in [0.717, 1.165) is 0 Å². The molecule has 7 nitrogen and oxygen atoms in total. The molecule has 1 fully saturated rings. The highest BCUT2D eigenvalue weighted by molar-refractivity contribution is 6.35. The number of hydrogen-bond acceptors (Lipinski definition) is 6. The molecule has 0 aliphatic carbocycles. The Morgan fingerprint density at radius 2 is 2.24 bits per heavy atom. The SMILES string of the molecule is COCCOCC1COC(Cn2cncn2)(c2ccc(Cl)cc2Cl)O1. The van der Waals surface area contributed by atoms with Crippen LogP contribution in [0.4, 0.5) is 0 Å². The predicted octanol–water partition coefficient (Wildman–Crippen LogP) is 2.52. The molecule has 1 aliphatic heterocycles. The van der Waals surface area contributed by atoms with E-state index in [1.54, 1.807) is 36.3 Å². The van der Waals surface area contributed by atoms with Gasteiger partial charge >= 0.3 is 0 Å². The van der Waals surface area contributed by atoms with Crippen LogP contribution in [-0.4, -0.2) is 54.4 Å². The lowest BCUT2D eigenvalue weighted by Crippen LogP contribution is -2.35. The van der Waals surface area contributed by atoms with E-state index >= 15 is 0 Å². The molecule has 1 aliphatic rings. The summed E-state index contributed by atoms with van der Waals surface area (Å²) in [4.78, 5) is 3.96. The van der Waals surface area contributed by atoms with E-state index in [4.69, 9.17) is 42.1 Å². The third kappa shape index (κ3) is 4.49. The van der Waals surface area contributed by atoms with Crippen LogP contribution in [0.2, 0.25) is 10.0 Å². The monoisotopic (exact) mass is 387 g/mol. The first kappa shape index (κ1) is 18.6. The Hall–Kier alpha value is -1.22. The van der Waals surface area contributed by atoms with Gasteiger partial charge in [0.2, 0.25) is 5.79 Å². The Balaban J connectivity index is 1.79. The minimum atomic E-state index is -1.08. The van der Waals surface area contributed by atoms with Crippen LogP contribution in [0.5, 0.6) is 0 Å². The molecule has 2 unspecified atom stereocenters. The summed E-state index contributed by atoms with van der Waals surface area (Å²) in [6, 6.07) is 5.22. The quantitative estimate of drug-likeness (QED) is 0.648. The van der Waals surface area contributed by atoms with Crippen LogP contribution in [-0.2, 0) is 31.3 Å². The lowest BCUT2D eigenvalue weighted by molar-refractivity contribution is -0.193. The lowest BCUT2D eigenvalue weighted by Gasteiger charge is -2.29. The van der Waals surface area contributed by atoms with Crippen LogP contribution in [0, 0.1) is 0 Å². The van der Waals surface area contributed by atoms with Gasteiger partial charge in [-0.15, -0.1) is 0 Å². The van der Waals surface area contributed by atoms with E-state index in [1.807, 2.05) is 0 Å². The van der Waals surface area contributed by atoms with Gasteiger partial charge in [0.25, 0.3) is 0 Å². The first-order chi connectivity index (χ1) is 12.1. The van der Waals surface area contributed by atoms with Crippen molar-refractivity contribution in [2.24, 2.45) is 0 Å². The fourth-order valence-electron chi connectivity index (χ4n) is 2.64. The highest BCUT2D eigenvalue weighted by Crippen LogP contribution is 2.40. The largest absolute Gasteiger partial charge is 0.382 e. The number of rotatable bonds is 8. The molecule has 2 atom stereocenters. The van der Waals surface area contributed by atoms with Crippen molar-refractivity contribution in [1.29, 1.82) is 0 Å². The van der Waals surface area contributed by atoms with E-state index in [9.17, 15) is 0 Å². The van der Waals surface area contributed by atoms with Crippen molar-refractivity contribution >= 4 is 23.2 Å². The topological polar surface area (TPSA) is 67.6 Å². The molecular weight excluding hydrogens is 369 g/mol. The molecule has 1 aromatic heterocycles. The Labute approximate surface area is 155 Å². The van der Waals surface area contributed by atoms with Crippen LogP contribution >= 0.6 is 23.2 Å². The minimum Gasteiger partial charge on any atom is -0.382 e. The molecule has 0 saturated carbocycles. The number of benzene rings is 1. The Kier molecular flexibility index (Phi) is 6.27. The zero-order chi connectivity index (χ0) is 17.7. The molecule has 25 heavy (non-hydrogen) atoms. The van der Waals surface area contributed by atoms with Crippen molar-refractivity contribution in [3.8, 4) is 0 Å². The molecular formula is C16H19Cl2N3O4. The maximum atomic E-state index is 6.40. The maximum Gasteiger partial charge on any atom is 0.217 e. The number of ether oxygens (including phenoxy) is 4. The van der Waals surface area contributed by atoms with E-state index < -0.39 is 5.79 Å². The Morgan fingerprint density at radius 3 is 2.96 bits per heavy atom. The smallest absolute Gasteiger partial charge is 0.217 e. The summed E-state index contributed by atoms with van der Waals surface area (Å²) in [6.45, 7) is 2.10. The third-order valence-corrected chi connectivity index (χ3v) is 4.32. The normalized spacial score (nSPS) is 23.2. The zero-order valence-electron chi connectivity index (χ0n) is 13.7. The second-order valence-electron chi connectivity index (χ2n) is 5.59. The number of halogens is 2.